The molecule has 0 bridgehead atoms. The molecule has 0 aliphatic heterocycles. The minimum absolute atomic E-state index is 0.0191. The number of benzene rings is 2. The zero-order chi connectivity index (χ0) is 19.5. The van der Waals surface area contributed by atoms with Crippen molar-refractivity contribution in [1.82, 2.24) is 0 Å². The second kappa shape index (κ2) is 9.20. The van der Waals surface area contributed by atoms with Crippen LogP contribution in [0.2, 0.25) is 0 Å². The van der Waals surface area contributed by atoms with Crippen molar-refractivity contribution in [1.29, 1.82) is 0 Å². The van der Waals surface area contributed by atoms with Crippen LogP contribution in [0.1, 0.15) is 10.4 Å². The minimum atomic E-state index is -4.64. The first-order chi connectivity index (χ1) is 12.1. The number of carbonyl (C=O) groups is 1. The number of aromatic hydroxyl groups is 1. The van der Waals surface area contributed by atoms with Gasteiger partial charge in [-0.2, -0.15) is 0 Å². The Bertz CT molecular complexity index is 927. The third-order valence-corrected chi connectivity index (χ3v) is 7.34. The highest BCUT2D eigenvalue weighted by Gasteiger charge is 2.20. The molecule has 0 atom stereocenters. The van der Waals surface area contributed by atoms with Crippen molar-refractivity contribution >= 4 is 83.9 Å². The third-order valence-electron chi connectivity index (χ3n) is 3.00. The van der Waals surface area contributed by atoms with E-state index in [0.717, 1.165) is 0 Å². The third kappa shape index (κ3) is 5.56. The predicted octanol–water partition coefficient (Wildman–Crippen LogP) is 3.35. The van der Waals surface area contributed by atoms with Gasteiger partial charge in [0.2, 0.25) is 0 Å². The second-order valence-corrected chi connectivity index (χ2v) is 9.52. The van der Waals surface area contributed by atoms with Gasteiger partial charge in [0, 0.05) is 3.57 Å². The summed E-state index contributed by atoms with van der Waals surface area (Å²) in [6, 6.07) is 7.12. The summed E-state index contributed by atoms with van der Waals surface area (Å²) < 4.78 is 46.0. The summed E-state index contributed by atoms with van der Waals surface area (Å²) >= 11 is 5.51. The van der Waals surface area contributed by atoms with Crippen molar-refractivity contribution in [2.75, 3.05) is 13.2 Å². The number of esters is 1. The van der Waals surface area contributed by atoms with E-state index in [1.807, 2.05) is 22.6 Å². The van der Waals surface area contributed by atoms with Gasteiger partial charge in [-0.25, -0.2) is 13.2 Å². The molecule has 7 nitrogen and oxygen atoms in total. The summed E-state index contributed by atoms with van der Waals surface area (Å²) in [6.45, 7) is -0.0912. The molecule has 2 aromatic rings. The standard InChI is InChI=1S/C15H11I3O7S/c16-10-7-11(17)14(26(21,22)23)12(18)13(10)24-5-6-25-15(20)8-1-3-9(19)4-2-8/h1-4,7,19H,5-6H2,(H,21,22,23)/p-1. The molecule has 2 aromatic carbocycles. The molecule has 140 valence electrons. The van der Waals surface area contributed by atoms with Crippen LogP contribution in [-0.4, -0.2) is 37.3 Å². The van der Waals surface area contributed by atoms with Gasteiger partial charge < -0.3 is 19.1 Å². The fourth-order valence-electron chi connectivity index (χ4n) is 1.88. The predicted molar refractivity (Wildman–Crippen MR) is 116 cm³/mol. The molecular weight excluding hydrogens is 705 g/mol. The van der Waals surface area contributed by atoms with E-state index in [-0.39, 0.29) is 38.7 Å². The van der Waals surface area contributed by atoms with Crippen LogP contribution >= 0.6 is 67.8 Å². The zero-order valence-electron chi connectivity index (χ0n) is 12.7. The highest BCUT2D eigenvalue weighted by Crippen LogP contribution is 2.35. The molecular formula is C15H10I3O7S-. The Hall–Kier alpha value is -0.390. The van der Waals surface area contributed by atoms with Crippen LogP contribution in [0.3, 0.4) is 0 Å². The number of hydrogen-bond donors (Lipinski definition) is 1. The first-order valence-corrected chi connectivity index (χ1v) is 11.5. The Kier molecular flexibility index (Phi) is 7.75. The maximum Gasteiger partial charge on any atom is 0.338 e. The van der Waals surface area contributed by atoms with E-state index in [1.165, 1.54) is 30.3 Å². The van der Waals surface area contributed by atoms with E-state index in [4.69, 9.17) is 9.47 Å². The van der Waals surface area contributed by atoms with Crippen molar-refractivity contribution in [2.24, 2.45) is 0 Å². The van der Waals surface area contributed by atoms with Crippen molar-refractivity contribution in [3.05, 3.63) is 46.6 Å². The van der Waals surface area contributed by atoms with Crippen LogP contribution in [0.25, 0.3) is 0 Å². The molecule has 0 heterocycles. The molecule has 0 aliphatic carbocycles. The van der Waals surface area contributed by atoms with Crippen LogP contribution < -0.4 is 4.74 Å². The molecule has 0 fully saturated rings. The molecule has 0 unspecified atom stereocenters. The lowest BCUT2D eigenvalue weighted by atomic mass is 10.2. The molecule has 11 heteroatoms. The highest BCUT2D eigenvalue weighted by molar-refractivity contribution is 14.1. The smallest absolute Gasteiger partial charge is 0.338 e. The number of ether oxygens (including phenoxy) is 2. The number of rotatable bonds is 6. The normalized spacial score (nSPS) is 11.2. The fraction of sp³-hybridized carbons (Fsp3) is 0.133. The Balaban J connectivity index is 2.04. The number of phenols is 1. The van der Waals surface area contributed by atoms with Crippen LogP contribution in [0.15, 0.2) is 35.2 Å². The first-order valence-electron chi connectivity index (χ1n) is 6.83. The number of carbonyl (C=O) groups excluding carboxylic acids is 1. The second-order valence-electron chi connectivity index (χ2n) is 4.80. The highest BCUT2D eigenvalue weighted by atomic mass is 127. The molecule has 0 aromatic heterocycles. The van der Waals surface area contributed by atoms with Crippen molar-refractivity contribution in [3.8, 4) is 11.5 Å². The lowest BCUT2D eigenvalue weighted by Crippen LogP contribution is -2.14. The average Bonchev–Trinajstić information content (AvgIpc) is 2.52. The number of halogens is 3. The number of phenolic OH excluding ortho intramolecular Hbond substituents is 1. The van der Waals surface area contributed by atoms with E-state index in [1.54, 1.807) is 45.2 Å². The SMILES string of the molecule is O=C(OCCOc1c(I)cc(I)c(S(=O)(=O)[O-])c1I)c1ccc(O)cc1. The van der Waals surface area contributed by atoms with E-state index in [2.05, 4.69) is 0 Å². The molecule has 26 heavy (non-hydrogen) atoms. The van der Waals surface area contributed by atoms with Gasteiger partial charge in [0.15, 0.2) is 0 Å². The summed E-state index contributed by atoms with van der Waals surface area (Å²) in [4.78, 5) is 11.5. The largest absolute Gasteiger partial charge is 0.744 e. The average molecular weight is 715 g/mol. The van der Waals surface area contributed by atoms with Crippen molar-refractivity contribution < 1.29 is 32.3 Å². The zero-order valence-corrected chi connectivity index (χ0v) is 20.0. The lowest BCUT2D eigenvalue weighted by molar-refractivity contribution is 0.0449. The first kappa shape index (κ1) is 21.9. The van der Waals surface area contributed by atoms with Gasteiger partial charge >= 0.3 is 5.97 Å². The van der Waals surface area contributed by atoms with E-state index < -0.39 is 16.1 Å². The van der Waals surface area contributed by atoms with Crippen molar-refractivity contribution in [3.63, 3.8) is 0 Å². The monoisotopic (exact) mass is 715 g/mol. The summed E-state index contributed by atoms with van der Waals surface area (Å²) in [5.41, 5.74) is 0.279. The van der Waals surface area contributed by atoms with E-state index in [0.29, 0.717) is 7.14 Å². The summed E-state index contributed by atoms with van der Waals surface area (Å²) in [5, 5.41) is 9.19. The summed E-state index contributed by atoms with van der Waals surface area (Å²) in [6.07, 6.45) is 0. The topological polar surface area (TPSA) is 113 Å². The van der Waals surface area contributed by atoms with Gasteiger partial charge in [0.05, 0.1) is 17.6 Å². The van der Waals surface area contributed by atoms with Crippen LogP contribution in [0, 0.1) is 10.7 Å². The molecule has 1 N–H and O–H groups in total. The Morgan fingerprint density at radius 1 is 1.08 bits per heavy atom. The lowest BCUT2D eigenvalue weighted by Gasteiger charge is -2.17. The number of hydrogen-bond acceptors (Lipinski definition) is 7. The molecule has 0 saturated heterocycles. The van der Waals surface area contributed by atoms with Gasteiger partial charge in [-0.3, -0.25) is 0 Å². The van der Waals surface area contributed by atoms with Gasteiger partial charge in [0.1, 0.15) is 34.8 Å². The summed E-state index contributed by atoms with van der Waals surface area (Å²) in [5.74, 6) is -0.290. The van der Waals surface area contributed by atoms with Gasteiger partial charge in [-0.15, -0.1) is 0 Å². The minimum Gasteiger partial charge on any atom is -0.744 e. The molecule has 0 aliphatic rings. The van der Waals surface area contributed by atoms with Crippen LogP contribution in [0.4, 0.5) is 0 Å². The van der Waals surface area contributed by atoms with Crippen molar-refractivity contribution in [2.45, 2.75) is 4.90 Å². The maximum absolute atomic E-state index is 11.8. The Labute approximate surface area is 190 Å². The Morgan fingerprint density at radius 3 is 2.27 bits per heavy atom. The van der Waals surface area contributed by atoms with Crippen LogP contribution in [-0.2, 0) is 14.9 Å². The quantitative estimate of drug-likeness (QED) is 0.212. The molecule has 2 rings (SSSR count). The molecule has 0 radical (unpaired) electrons. The Morgan fingerprint density at radius 2 is 1.69 bits per heavy atom. The molecule has 0 spiro atoms. The molecule has 0 amide bonds. The van der Waals surface area contributed by atoms with E-state index in [9.17, 15) is 22.9 Å². The van der Waals surface area contributed by atoms with Gasteiger partial charge in [-0.1, -0.05) is 0 Å². The van der Waals surface area contributed by atoms with Gasteiger partial charge in [-0.05, 0) is 98.1 Å². The van der Waals surface area contributed by atoms with Crippen LogP contribution in [0.5, 0.6) is 11.5 Å². The maximum atomic E-state index is 11.8. The molecule has 0 saturated carbocycles. The fourth-order valence-corrected chi connectivity index (χ4v) is 7.79. The van der Waals surface area contributed by atoms with E-state index >= 15 is 0 Å². The summed E-state index contributed by atoms with van der Waals surface area (Å²) in [7, 11) is -4.64. The van der Waals surface area contributed by atoms with Gasteiger partial charge in [0.25, 0.3) is 0 Å².